The number of aromatic hydroxyl groups is 1. The molecule has 4 heteroatoms. The number of hydrogen-bond donors (Lipinski definition) is 3. The standard InChI is InChI=1S/C11H16N2O2/c1-7(11(13)15)2-3-8-4-5-10(14)9(12)6-8/h4-7,14H,2-3,12H2,1H3,(H2,13,15)/t7-/m0/s1. The Balaban J connectivity index is 2.58. The number of carbonyl (C=O) groups excluding carboxylic acids is 1. The summed E-state index contributed by atoms with van der Waals surface area (Å²) >= 11 is 0. The van der Waals surface area contributed by atoms with Crippen LogP contribution in [-0.4, -0.2) is 11.0 Å². The maximum absolute atomic E-state index is 10.8. The molecular formula is C11H16N2O2. The number of benzene rings is 1. The molecule has 0 spiro atoms. The van der Waals surface area contributed by atoms with Crippen LogP contribution in [0.2, 0.25) is 0 Å². The molecule has 0 aliphatic rings. The van der Waals surface area contributed by atoms with Crippen LogP contribution < -0.4 is 11.5 Å². The zero-order valence-electron chi connectivity index (χ0n) is 8.73. The highest BCUT2D eigenvalue weighted by atomic mass is 16.3. The molecule has 1 amide bonds. The van der Waals surface area contributed by atoms with Crippen molar-refractivity contribution in [3.63, 3.8) is 0 Å². The normalized spacial score (nSPS) is 12.3. The third-order valence-electron chi connectivity index (χ3n) is 2.44. The van der Waals surface area contributed by atoms with Gasteiger partial charge in [-0.05, 0) is 30.5 Å². The van der Waals surface area contributed by atoms with Crippen LogP contribution in [0.5, 0.6) is 5.75 Å². The molecule has 0 radical (unpaired) electrons. The van der Waals surface area contributed by atoms with Crippen LogP contribution in [-0.2, 0) is 11.2 Å². The molecule has 0 heterocycles. The summed E-state index contributed by atoms with van der Waals surface area (Å²) < 4.78 is 0. The first-order valence-electron chi connectivity index (χ1n) is 4.87. The van der Waals surface area contributed by atoms with Gasteiger partial charge < -0.3 is 16.6 Å². The minimum Gasteiger partial charge on any atom is -0.506 e. The second kappa shape index (κ2) is 4.68. The van der Waals surface area contributed by atoms with Crippen molar-refractivity contribution in [1.82, 2.24) is 0 Å². The first kappa shape index (κ1) is 11.4. The van der Waals surface area contributed by atoms with Gasteiger partial charge in [0.1, 0.15) is 5.75 Å². The van der Waals surface area contributed by atoms with E-state index in [1.165, 1.54) is 0 Å². The third kappa shape index (κ3) is 3.16. The highest BCUT2D eigenvalue weighted by molar-refractivity contribution is 5.76. The van der Waals surface area contributed by atoms with Crippen molar-refractivity contribution in [2.45, 2.75) is 19.8 Å². The van der Waals surface area contributed by atoms with Crippen molar-refractivity contribution in [1.29, 1.82) is 0 Å². The van der Waals surface area contributed by atoms with Crippen molar-refractivity contribution in [2.24, 2.45) is 11.7 Å². The number of nitrogen functional groups attached to an aromatic ring is 1. The van der Waals surface area contributed by atoms with E-state index in [0.717, 1.165) is 12.0 Å². The van der Waals surface area contributed by atoms with Gasteiger partial charge >= 0.3 is 0 Å². The summed E-state index contributed by atoms with van der Waals surface area (Å²) in [5, 5.41) is 9.21. The number of nitrogens with two attached hydrogens (primary N) is 2. The fourth-order valence-electron chi connectivity index (χ4n) is 1.28. The second-order valence-electron chi connectivity index (χ2n) is 3.74. The number of rotatable bonds is 4. The number of primary amides is 1. The lowest BCUT2D eigenvalue weighted by molar-refractivity contribution is -0.121. The summed E-state index contributed by atoms with van der Waals surface area (Å²) in [5.74, 6) is -0.344. The predicted molar refractivity (Wildman–Crippen MR) is 59.2 cm³/mol. The average Bonchev–Trinajstić information content (AvgIpc) is 2.19. The maximum Gasteiger partial charge on any atom is 0.220 e. The molecule has 4 nitrogen and oxygen atoms in total. The van der Waals surface area contributed by atoms with E-state index < -0.39 is 0 Å². The highest BCUT2D eigenvalue weighted by Crippen LogP contribution is 2.21. The van der Waals surface area contributed by atoms with Crippen molar-refractivity contribution in [3.05, 3.63) is 23.8 Å². The fourth-order valence-corrected chi connectivity index (χ4v) is 1.28. The van der Waals surface area contributed by atoms with E-state index in [1.807, 2.05) is 0 Å². The van der Waals surface area contributed by atoms with Gasteiger partial charge in [-0.3, -0.25) is 4.79 Å². The number of amides is 1. The average molecular weight is 208 g/mol. The molecule has 5 N–H and O–H groups in total. The van der Waals surface area contributed by atoms with E-state index in [4.69, 9.17) is 11.5 Å². The Kier molecular flexibility index (Phi) is 3.55. The lowest BCUT2D eigenvalue weighted by Gasteiger charge is -2.07. The lowest BCUT2D eigenvalue weighted by Crippen LogP contribution is -2.20. The molecule has 0 unspecified atom stereocenters. The number of phenols is 1. The van der Waals surface area contributed by atoms with Gasteiger partial charge in [0.05, 0.1) is 5.69 Å². The first-order valence-corrected chi connectivity index (χ1v) is 4.87. The van der Waals surface area contributed by atoms with Gasteiger partial charge in [-0.15, -0.1) is 0 Å². The molecule has 0 saturated carbocycles. The molecule has 1 aromatic rings. The Bertz CT molecular complexity index is 364. The van der Waals surface area contributed by atoms with E-state index in [2.05, 4.69) is 0 Å². The van der Waals surface area contributed by atoms with E-state index >= 15 is 0 Å². The molecule has 0 saturated heterocycles. The third-order valence-corrected chi connectivity index (χ3v) is 2.44. The lowest BCUT2D eigenvalue weighted by atomic mass is 10.0. The Hall–Kier alpha value is -1.71. The molecule has 1 aromatic carbocycles. The molecule has 82 valence electrons. The number of phenolic OH excluding ortho intramolecular Hbond substituents is 1. The summed E-state index contributed by atoms with van der Waals surface area (Å²) in [7, 11) is 0. The van der Waals surface area contributed by atoms with Crippen LogP contribution in [0.3, 0.4) is 0 Å². The summed E-state index contributed by atoms with van der Waals surface area (Å²) in [5.41, 5.74) is 12.1. The minimum absolute atomic E-state index is 0.0849. The summed E-state index contributed by atoms with van der Waals surface area (Å²) in [6, 6.07) is 5.06. The molecular weight excluding hydrogens is 192 g/mol. The molecule has 1 rings (SSSR count). The zero-order valence-corrected chi connectivity index (χ0v) is 8.73. The smallest absolute Gasteiger partial charge is 0.220 e. The SMILES string of the molecule is C[C@@H](CCc1ccc(O)c(N)c1)C(N)=O. The summed E-state index contributed by atoms with van der Waals surface area (Å²) in [4.78, 5) is 10.8. The van der Waals surface area contributed by atoms with Crippen molar-refractivity contribution in [3.8, 4) is 5.75 Å². The van der Waals surface area contributed by atoms with Crippen molar-refractivity contribution in [2.75, 3.05) is 5.73 Å². The van der Waals surface area contributed by atoms with E-state index in [9.17, 15) is 9.90 Å². The number of hydrogen-bond acceptors (Lipinski definition) is 3. The van der Waals surface area contributed by atoms with Gasteiger partial charge in [-0.2, -0.15) is 0 Å². The fraction of sp³-hybridized carbons (Fsp3) is 0.364. The van der Waals surface area contributed by atoms with Crippen LogP contribution in [0.15, 0.2) is 18.2 Å². The second-order valence-corrected chi connectivity index (χ2v) is 3.74. The molecule has 0 aliphatic carbocycles. The summed E-state index contributed by atoms with van der Waals surface area (Å²) in [6.45, 7) is 1.80. The quantitative estimate of drug-likeness (QED) is 0.510. The van der Waals surface area contributed by atoms with Gasteiger partial charge in [0.25, 0.3) is 0 Å². The number of aryl methyl sites for hydroxylation is 1. The highest BCUT2D eigenvalue weighted by Gasteiger charge is 2.08. The molecule has 0 aliphatic heterocycles. The van der Waals surface area contributed by atoms with E-state index in [1.54, 1.807) is 25.1 Å². The van der Waals surface area contributed by atoms with Crippen LogP contribution in [0.1, 0.15) is 18.9 Å². The summed E-state index contributed by atoms with van der Waals surface area (Å²) in [6.07, 6.45) is 1.42. The predicted octanol–water partition coefficient (Wildman–Crippen LogP) is 1.03. The van der Waals surface area contributed by atoms with Crippen molar-refractivity contribution >= 4 is 11.6 Å². The van der Waals surface area contributed by atoms with Crippen LogP contribution >= 0.6 is 0 Å². The molecule has 1 atom stereocenters. The van der Waals surface area contributed by atoms with E-state index in [-0.39, 0.29) is 17.6 Å². The Labute approximate surface area is 88.9 Å². The minimum atomic E-state index is -0.290. The first-order chi connectivity index (χ1) is 7.00. The van der Waals surface area contributed by atoms with Crippen LogP contribution in [0, 0.1) is 5.92 Å². The topological polar surface area (TPSA) is 89.3 Å². The van der Waals surface area contributed by atoms with Gasteiger partial charge in [0.2, 0.25) is 5.91 Å². The molecule has 0 bridgehead atoms. The zero-order chi connectivity index (χ0) is 11.4. The number of anilines is 1. The number of carbonyl (C=O) groups is 1. The van der Waals surface area contributed by atoms with Crippen LogP contribution in [0.25, 0.3) is 0 Å². The molecule has 0 fully saturated rings. The van der Waals surface area contributed by atoms with E-state index in [0.29, 0.717) is 12.1 Å². The van der Waals surface area contributed by atoms with Crippen molar-refractivity contribution < 1.29 is 9.90 Å². The van der Waals surface area contributed by atoms with Gasteiger partial charge in [0, 0.05) is 5.92 Å². The Morgan fingerprint density at radius 2 is 2.20 bits per heavy atom. The Morgan fingerprint density at radius 1 is 1.53 bits per heavy atom. The molecule has 0 aromatic heterocycles. The monoisotopic (exact) mass is 208 g/mol. The Morgan fingerprint density at radius 3 is 2.73 bits per heavy atom. The largest absolute Gasteiger partial charge is 0.506 e. The maximum atomic E-state index is 10.8. The van der Waals surface area contributed by atoms with Gasteiger partial charge in [-0.25, -0.2) is 0 Å². The van der Waals surface area contributed by atoms with Crippen LogP contribution in [0.4, 0.5) is 5.69 Å². The molecule has 15 heavy (non-hydrogen) atoms. The van der Waals surface area contributed by atoms with Gasteiger partial charge in [-0.1, -0.05) is 13.0 Å². The van der Waals surface area contributed by atoms with Gasteiger partial charge in [0.15, 0.2) is 0 Å².